The van der Waals surface area contributed by atoms with E-state index in [9.17, 15) is 18.0 Å². The van der Waals surface area contributed by atoms with Gasteiger partial charge in [-0.1, -0.05) is 36.8 Å². The molecule has 2 unspecified atom stereocenters. The SMILES string of the molecule is CCC1Oc2cc(S(=O)(=O)N3CCCC(C(=O)NCc4cccc(C)c4)C3)c(C)cc2NC1=O. The number of ether oxygens (including phenoxy) is 1. The molecule has 0 aromatic heterocycles. The molecule has 2 amide bonds. The number of nitrogens with zero attached hydrogens (tertiary/aromatic N) is 1. The molecule has 0 saturated carbocycles. The second-order valence-corrected chi connectivity index (χ2v) is 10.9. The first-order valence-electron chi connectivity index (χ1n) is 11.6. The number of hydrogen-bond acceptors (Lipinski definition) is 5. The summed E-state index contributed by atoms with van der Waals surface area (Å²) < 4.78 is 34.2. The summed E-state index contributed by atoms with van der Waals surface area (Å²) in [4.78, 5) is 25.1. The highest BCUT2D eigenvalue weighted by atomic mass is 32.2. The molecule has 8 nitrogen and oxygen atoms in total. The topological polar surface area (TPSA) is 105 Å². The minimum atomic E-state index is -3.84. The standard InChI is InChI=1S/C25H31N3O5S/c1-4-21-25(30)27-20-12-17(3)23(13-22(20)33-21)34(31,32)28-10-6-9-19(15-28)24(29)26-14-18-8-5-7-16(2)11-18/h5,7-8,11-13,19,21H,4,6,9-10,14-15H2,1-3H3,(H,26,29)(H,27,30). The third-order valence-electron chi connectivity index (χ3n) is 6.39. The van der Waals surface area contributed by atoms with Crippen LogP contribution in [0.25, 0.3) is 0 Å². The number of rotatable bonds is 6. The van der Waals surface area contributed by atoms with Gasteiger partial charge in [0.25, 0.3) is 5.91 Å². The van der Waals surface area contributed by atoms with E-state index in [0.717, 1.165) is 11.1 Å². The molecule has 0 aliphatic carbocycles. The Hall–Kier alpha value is -2.91. The maximum absolute atomic E-state index is 13.5. The number of hydrogen-bond donors (Lipinski definition) is 2. The van der Waals surface area contributed by atoms with Gasteiger partial charge in [0.1, 0.15) is 5.75 Å². The Morgan fingerprint density at radius 3 is 2.76 bits per heavy atom. The fraction of sp³-hybridized carbons (Fsp3) is 0.440. The van der Waals surface area contributed by atoms with Crippen molar-refractivity contribution in [3.05, 3.63) is 53.1 Å². The van der Waals surface area contributed by atoms with E-state index in [1.807, 2.05) is 38.1 Å². The summed E-state index contributed by atoms with van der Waals surface area (Å²) in [7, 11) is -3.84. The lowest BCUT2D eigenvalue weighted by molar-refractivity contribution is -0.126. The second-order valence-electron chi connectivity index (χ2n) is 9.03. The van der Waals surface area contributed by atoms with Gasteiger partial charge in [-0.2, -0.15) is 4.31 Å². The third-order valence-corrected chi connectivity index (χ3v) is 8.40. The van der Waals surface area contributed by atoms with Crippen LogP contribution in [0.15, 0.2) is 41.3 Å². The molecule has 2 aromatic rings. The van der Waals surface area contributed by atoms with Crippen LogP contribution >= 0.6 is 0 Å². The van der Waals surface area contributed by atoms with Gasteiger partial charge in [-0.15, -0.1) is 0 Å². The molecule has 0 radical (unpaired) electrons. The number of amides is 2. The van der Waals surface area contributed by atoms with Crippen molar-refractivity contribution in [1.82, 2.24) is 9.62 Å². The number of benzene rings is 2. The van der Waals surface area contributed by atoms with Crippen LogP contribution in [0.3, 0.4) is 0 Å². The van der Waals surface area contributed by atoms with E-state index in [1.165, 1.54) is 10.4 Å². The summed E-state index contributed by atoms with van der Waals surface area (Å²) in [6, 6.07) is 11.0. The van der Waals surface area contributed by atoms with Gasteiger partial charge in [0, 0.05) is 25.7 Å². The largest absolute Gasteiger partial charge is 0.478 e. The lowest BCUT2D eigenvalue weighted by atomic mass is 9.98. The van der Waals surface area contributed by atoms with E-state index in [1.54, 1.807) is 13.0 Å². The van der Waals surface area contributed by atoms with Crippen molar-refractivity contribution in [2.45, 2.75) is 57.6 Å². The molecule has 9 heteroatoms. The predicted molar refractivity (Wildman–Crippen MR) is 129 cm³/mol. The number of carbonyl (C=O) groups excluding carboxylic acids is 2. The molecule has 2 aliphatic rings. The van der Waals surface area contributed by atoms with Crippen LogP contribution in [-0.4, -0.2) is 43.7 Å². The fourth-order valence-electron chi connectivity index (χ4n) is 4.50. The van der Waals surface area contributed by atoms with Crippen molar-refractivity contribution in [1.29, 1.82) is 0 Å². The van der Waals surface area contributed by atoms with Gasteiger partial charge in [-0.25, -0.2) is 8.42 Å². The van der Waals surface area contributed by atoms with E-state index in [4.69, 9.17) is 4.74 Å². The molecule has 2 atom stereocenters. The van der Waals surface area contributed by atoms with E-state index in [-0.39, 0.29) is 23.3 Å². The average molecular weight is 486 g/mol. The van der Waals surface area contributed by atoms with Crippen LogP contribution in [0.4, 0.5) is 5.69 Å². The second kappa shape index (κ2) is 9.76. The highest BCUT2D eigenvalue weighted by Crippen LogP contribution is 2.36. The van der Waals surface area contributed by atoms with Crippen LogP contribution in [0.5, 0.6) is 5.75 Å². The van der Waals surface area contributed by atoms with Crippen molar-refractivity contribution < 1.29 is 22.7 Å². The zero-order valence-electron chi connectivity index (χ0n) is 19.8. The van der Waals surface area contributed by atoms with E-state index in [0.29, 0.717) is 49.4 Å². The lowest BCUT2D eigenvalue weighted by Crippen LogP contribution is -2.45. The maximum Gasteiger partial charge on any atom is 0.265 e. The first kappa shape index (κ1) is 24.2. The molecule has 2 aromatic carbocycles. The maximum atomic E-state index is 13.5. The summed E-state index contributed by atoms with van der Waals surface area (Å²) in [5.74, 6) is -0.438. The minimum absolute atomic E-state index is 0.133. The summed E-state index contributed by atoms with van der Waals surface area (Å²) in [5, 5.41) is 5.74. The molecule has 2 heterocycles. The van der Waals surface area contributed by atoms with Crippen molar-refractivity contribution >= 4 is 27.5 Å². The quantitative estimate of drug-likeness (QED) is 0.654. The molecule has 2 N–H and O–H groups in total. The predicted octanol–water partition coefficient (Wildman–Crippen LogP) is 3.13. The summed E-state index contributed by atoms with van der Waals surface area (Å²) in [6.45, 7) is 6.43. The Kier molecular flexibility index (Phi) is 6.95. The van der Waals surface area contributed by atoms with Gasteiger partial charge in [-0.3, -0.25) is 9.59 Å². The minimum Gasteiger partial charge on any atom is -0.478 e. The molecule has 0 spiro atoms. The Labute approximate surface area is 200 Å². The molecule has 1 fully saturated rings. The van der Waals surface area contributed by atoms with Gasteiger partial charge >= 0.3 is 0 Å². The first-order chi connectivity index (χ1) is 16.2. The van der Waals surface area contributed by atoms with Crippen LogP contribution in [0.1, 0.15) is 42.9 Å². The van der Waals surface area contributed by atoms with Gasteiger partial charge in [0.05, 0.1) is 16.5 Å². The molecule has 34 heavy (non-hydrogen) atoms. The van der Waals surface area contributed by atoms with Crippen LogP contribution < -0.4 is 15.4 Å². The first-order valence-corrected chi connectivity index (χ1v) is 13.1. The third kappa shape index (κ3) is 4.95. The van der Waals surface area contributed by atoms with E-state index < -0.39 is 22.0 Å². The fourth-order valence-corrected chi connectivity index (χ4v) is 6.25. The molecule has 182 valence electrons. The number of piperidine rings is 1. The zero-order valence-corrected chi connectivity index (χ0v) is 20.6. The summed E-state index contributed by atoms with van der Waals surface area (Å²) in [6.07, 6.45) is 1.08. The normalized spacial score (nSPS) is 20.7. The van der Waals surface area contributed by atoms with Crippen molar-refractivity contribution in [2.24, 2.45) is 5.92 Å². The Bertz CT molecular complexity index is 1210. The van der Waals surface area contributed by atoms with Crippen molar-refractivity contribution in [3.63, 3.8) is 0 Å². The molecular weight excluding hydrogens is 454 g/mol. The van der Waals surface area contributed by atoms with Gasteiger partial charge in [0.15, 0.2) is 6.10 Å². The molecule has 1 saturated heterocycles. The Morgan fingerprint density at radius 2 is 2.03 bits per heavy atom. The molecular formula is C25H31N3O5S. The number of carbonyl (C=O) groups is 2. The molecule has 2 aliphatic heterocycles. The number of aryl methyl sites for hydroxylation is 2. The van der Waals surface area contributed by atoms with Crippen molar-refractivity contribution in [2.75, 3.05) is 18.4 Å². The highest BCUT2D eigenvalue weighted by Gasteiger charge is 2.35. The number of nitrogens with one attached hydrogen (secondary N) is 2. The van der Waals surface area contributed by atoms with E-state index in [2.05, 4.69) is 10.6 Å². The highest BCUT2D eigenvalue weighted by molar-refractivity contribution is 7.89. The van der Waals surface area contributed by atoms with Gasteiger partial charge in [-0.05, 0) is 50.3 Å². The average Bonchev–Trinajstić information content (AvgIpc) is 2.82. The zero-order chi connectivity index (χ0) is 24.5. The smallest absolute Gasteiger partial charge is 0.265 e. The summed E-state index contributed by atoms with van der Waals surface area (Å²) >= 11 is 0. The Balaban J connectivity index is 1.49. The van der Waals surface area contributed by atoms with Crippen LogP contribution in [0, 0.1) is 19.8 Å². The number of anilines is 1. The van der Waals surface area contributed by atoms with Crippen molar-refractivity contribution in [3.8, 4) is 5.75 Å². The van der Waals surface area contributed by atoms with Gasteiger partial charge in [0.2, 0.25) is 15.9 Å². The van der Waals surface area contributed by atoms with Gasteiger partial charge < -0.3 is 15.4 Å². The molecule has 0 bridgehead atoms. The number of fused-ring (bicyclic) bond motifs is 1. The van der Waals surface area contributed by atoms with E-state index >= 15 is 0 Å². The van der Waals surface area contributed by atoms with Crippen LogP contribution in [0.2, 0.25) is 0 Å². The number of sulfonamides is 1. The Morgan fingerprint density at radius 1 is 1.24 bits per heavy atom. The summed E-state index contributed by atoms with van der Waals surface area (Å²) in [5.41, 5.74) is 3.12. The molecule has 4 rings (SSSR count). The monoisotopic (exact) mass is 485 g/mol. The lowest BCUT2D eigenvalue weighted by Gasteiger charge is -2.32. The van der Waals surface area contributed by atoms with Crippen LogP contribution in [-0.2, 0) is 26.2 Å².